The molecule has 1 heterocycles. The van der Waals surface area contributed by atoms with Crippen molar-refractivity contribution in [2.45, 2.75) is 19.0 Å². The number of hydrogen-bond acceptors (Lipinski definition) is 3. The lowest BCUT2D eigenvalue weighted by molar-refractivity contribution is -0.176. The van der Waals surface area contributed by atoms with Crippen LogP contribution in [-0.2, 0) is 0 Å². The molecule has 1 aliphatic rings. The maximum absolute atomic E-state index is 14.1. The van der Waals surface area contributed by atoms with Crippen LogP contribution in [0, 0.1) is 11.7 Å². The summed E-state index contributed by atoms with van der Waals surface area (Å²) in [6, 6.07) is 1.26. The van der Waals surface area contributed by atoms with E-state index in [-0.39, 0.29) is 35.1 Å². The summed E-state index contributed by atoms with van der Waals surface area (Å²) in [4.78, 5) is 1.29. The van der Waals surface area contributed by atoms with E-state index in [9.17, 15) is 17.6 Å². The van der Waals surface area contributed by atoms with Gasteiger partial charge in [-0.3, -0.25) is 0 Å². The highest BCUT2D eigenvalue weighted by Crippen LogP contribution is 2.40. The number of piperidine rings is 1. The summed E-state index contributed by atoms with van der Waals surface area (Å²) in [5.74, 6) is -2.36. The predicted molar refractivity (Wildman–Crippen MR) is 71.2 cm³/mol. The molecule has 1 saturated heterocycles. The van der Waals surface area contributed by atoms with Gasteiger partial charge in [0.1, 0.15) is 5.02 Å². The Morgan fingerprint density at radius 1 is 1.25 bits per heavy atom. The average molecular weight is 312 g/mol. The van der Waals surface area contributed by atoms with Gasteiger partial charge in [0.2, 0.25) is 0 Å². The molecule has 4 N–H and O–H groups in total. The van der Waals surface area contributed by atoms with Gasteiger partial charge in [0.05, 0.1) is 23.0 Å². The number of anilines is 3. The molecule has 1 aliphatic heterocycles. The van der Waals surface area contributed by atoms with E-state index in [0.29, 0.717) is 13.0 Å². The lowest BCUT2D eigenvalue weighted by Gasteiger charge is -2.36. The van der Waals surface area contributed by atoms with E-state index in [1.54, 1.807) is 0 Å². The van der Waals surface area contributed by atoms with E-state index in [2.05, 4.69) is 0 Å². The Labute approximate surface area is 118 Å². The standard InChI is InChI=1S/C12H14ClF4N3/c13-9-7(18)4-8(19)11(10(9)14)20-3-1-2-6(5-20)12(15,16)17/h4,6H,1-3,5,18-19H2. The first-order valence-corrected chi connectivity index (χ1v) is 6.44. The summed E-state index contributed by atoms with van der Waals surface area (Å²) < 4.78 is 52.4. The molecule has 1 unspecified atom stereocenters. The van der Waals surface area contributed by atoms with Gasteiger partial charge in [-0.05, 0) is 18.9 Å². The molecule has 0 bridgehead atoms. The zero-order valence-corrected chi connectivity index (χ0v) is 11.2. The lowest BCUT2D eigenvalue weighted by atomic mass is 9.96. The molecule has 0 aliphatic carbocycles. The maximum atomic E-state index is 14.1. The molecular weight excluding hydrogens is 298 g/mol. The van der Waals surface area contributed by atoms with E-state index >= 15 is 0 Å². The van der Waals surface area contributed by atoms with Crippen LogP contribution in [0.5, 0.6) is 0 Å². The third kappa shape index (κ3) is 2.72. The third-order valence-corrected chi connectivity index (χ3v) is 3.82. The van der Waals surface area contributed by atoms with Crippen molar-refractivity contribution in [1.82, 2.24) is 0 Å². The van der Waals surface area contributed by atoms with Gasteiger partial charge >= 0.3 is 6.18 Å². The summed E-state index contributed by atoms with van der Waals surface area (Å²) in [7, 11) is 0. The monoisotopic (exact) mass is 311 g/mol. The van der Waals surface area contributed by atoms with E-state index in [1.165, 1.54) is 11.0 Å². The molecule has 112 valence electrons. The number of benzene rings is 1. The van der Waals surface area contributed by atoms with Crippen molar-refractivity contribution in [2.24, 2.45) is 5.92 Å². The predicted octanol–water partition coefficient (Wildman–Crippen LogP) is 3.42. The van der Waals surface area contributed by atoms with Crippen LogP contribution in [0.1, 0.15) is 12.8 Å². The maximum Gasteiger partial charge on any atom is 0.393 e. The molecule has 0 spiro atoms. The molecule has 8 heteroatoms. The number of alkyl halides is 3. The molecule has 3 nitrogen and oxygen atoms in total. The first-order valence-electron chi connectivity index (χ1n) is 6.06. The van der Waals surface area contributed by atoms with Crippen LogP contribution >= 0.6 is 11.6 Å². The second-order valence-electron chi connectivity index (χ2n) is 4.86. The van der Waals surface area contributed by atoms with E-state index in [4.69, 9.17) is 23.1 Å². The first-order chi connectivity index (χ1) is 9.21. The van der Waals surface area contributed by atoms with Crippen molar-refractivity contribution in [1.29, 1.82) is 0 Å². The Bertz CT molecular complexity index is 518. The normalized spacial score (nSPS) is 20.2. The molecule has 1 atom stereocenters. The summed E-state index contributed by atoms with van der Waals surface area (Å²) in [5, 5.41) is -0.316. The molecule has 1 aromatic carbocycles. The SMILES string of the molecule is Nc1cc(N)c(N2CCCC(C(F)(F)F)C2)c(F)c1Cl. The molecule has 0 amide bonds. The number of nitrogens with two attached hydrogens (primary N) is 2. The van der Waals surface area contributed by atoms with Gasteiger partial charge in [-0.1, -0.05) is 11.6 Å². The number of rotatable bonds is 1. The fraction of sp³-hybridized carbons (Fsp3) is 0.500. The molecule has 2 rings (SSSR count). The summed E-state index contributed by atoms with van der Waals surface area (Å²) in [6.07, 6.45) is -3.96. The highest BCUT2D eigenvalue weighted by atomic mass is 35.5. The number of halogens is 5. The number of nitrogen functional groups attached to an aromatic ring is 2. The zero-order valence-electron chi connectivity index (χ0n) is 10.5. The van der Waals surface area contributed by atoms with Crippen molar-refractivity contribution in [3.8, 4) is 0 Å². The number of hydrogen-bond donors (Lipinski definition) is 2. The Hall–Kier alpha value is -1.37. The third-order valence-electron chi connectivity index (χ3n) is 3.44. The minimum atomic E-state index is -4.30. The zero-order chi connectivity index (χ0) is 15.1. The largest absolute Gasteiger partial charge is 0.397 e. The van der Waals surface area contributed by atoms with Gasteiger partial charge in [0, 0.05) is 13.1 Å². The molecule has 1 fully saturated rings. The summed E-state index contributed by atoms with van der Waals surface area (Å²) >= 11 is 5.70. The first kappa shape index (κ1) is 15.0. The Morgan fingerprint density at radius 3 is 2.50 bits per heavy atom. The van der Waals surface area contributed by atoms with E-state index < -0.39 is 17.9 Å². The van der Waals surface area contributed by atoms with Crippen molar-refractivity contribution >= 4 is 28.7 Å². The van der Waals surface area contributed by atoms with Crippen molar-refractivity contribution in [3.63, 3.8) is 0 Å². The fourth-order valence-electron chi connectivity index (χ4n) is 2.43. The van der Waals surface area contributed by atoms with Gasteiger partial charge in [-0.15, -0.1) is 0 Å². The van der Waals surface area contributed by atoms with Crippen LogP contribution in [0.2, 0.25) is 5.02 Å². The van der Waals surface area contributed by atoms with Crippen LogP contribution in [0.15, 0.2) is 6.07 Å². The summed E-state index contributed by atoms with van der Waals surface area (Å²) in [6.45, 7) is -0.0290. The summed E-state index contributed by atoms with van der Waals surface area (Å²) in [5.41, 5.74) is 11.0. The van der Waals surface area contributed by atoms with Crippen molar-refractivity contribution in [3.05, 3.63) is 16.9 Å². The van der Waals surface area contributed by atoms with Crippen LogP contribution in [0.4, 0.5) is 34.6 Å². The molecule has 0 aromatic heterocycles. The second kappa shape index (κ2) is 5.20. The lowest BCUT2D eigenvalue weighted by Crippen LogP contribution is -2.42. The van der Waals surface area contributed by atoms with Crippen molar-refractivity contribution in [2.75, 3.05) is 29.5 Å². The van der Waals surface area contributed by atoms with Crippen LogP contribution in [0.3, 0.4) is 0 Å². The van der Waals surface area contributed by atoms with Gasteiger partial charge in [0.15, 0.2) is 5.82 Å². The van der Waals surface area contributed by atoms with Crippen molar-refractivity contribution < 1.29 is 17.6 Å². The van der Waals surface area contributed by atoms with Gasteiger partial charge < -0.3 is 16.4 Å². The van der Waals surface area contributed by atoms with Crippen LogP contribution < -0.4 is 16.4 Å². The van der Waals surface area contributed by atoms with Gasteiger partial charge in [-0.25, -0.2) is 4.39 Å². The number of nitrogens with zero attached hydrogens (tertiary/aromatic N) is 1. The second-order valence-corrected chi connectivity index (χ2v) is 5.24. The Kier molecular flexibility index (Phi) is 3.90. The fourth-order valence-corrected chi connectivity index (χ4v) is 2.57. The smallest absolute Gasteiger partial charge is 0.393 e. The van der Waals surface area contributed by atoms with Crippen LogP contribution in [0.25, 0.3) is 0 Å². The Balaban J connectivity index is 2.35. The molecule has 0 radical (unpaired) electrons. The highest BCUT2D eigenvalue weighted by molar-refractivity contribution is 6.33. The molecule has 0 saturated carbocycles. The highest BCUT2D eigenvalue weighted by Gasteiger charge is 2.42. The van der Waals surface area contributed by atoms with E-state index in [0.717, 1.165) is 0 Å². The molecule has 20 heavy (non-hydrogen) atoms. The average Bonchev–Trinajstić information content (AvgIpc) is 2.35. The van der Waals surface area contributed by atoms with Crippen LogP contribution in [-0.4, -0.2) is 19.3 Å². The quantitative estimate of drug-likeness (QED) is 0.617. The molecular formula is C12H14ClF4N3. The molecule has 1 aromatic rings. The van der Waals surface area contributed by atoms with Gasteiger partial charge in [-0.2, -0.15) is 13.2 Å². The van der Waals surface area contributed by atoms with Gasteiger partial charge in [0.25, 0.3) is 0 Å². The minimum Gasteiger partial charge on any atom is -0.397 e. The topological polar surface area (TPSA) is 55.3 Å². The minimum absolute atomic E-state index is 0.00720. The Morgan fingerprint density at radius 2 is 1.90 bits per heavy atom. The van der Waals surface area contributed by atoms with E-state index in [1.807, 2.05) is 0 Å².